The Morgan fingerprint density at radius 1 is 1.47 bits per heavy atom. The van der Waals surface area contributed by atoms with E-state index in [2.05, 4.69) is 6.58 Å². The van der Waals surface area contributed by atoms with Gasteiger partial charge in [0.1, 0.15) is 11.7 Å². The Hall–Kier alpha value is -2.11. The first kappa shape index (κ1) is 12.0. The summed E-state index contributed by atoms with van der Waals surface area (Å²) in [5.74, 6) is -1.55. The number of likely N-dealkylation sites (tertiary alicyclic amines) is 1. The van der Waals surface area contributed by atoms with Crippen LogP contribution in [0.2, 0.25) is 0 Å². The predicted molar refractivity (Wildman–Crippen MR) is 64.8 cm³/mol. The number of allylic oxidation sites excluding steroid dienone is 1. The summed E-state index contributed by atoms with van der Waals surface area (Å²) in [6.07, 6.45) is 2.20. The maximum atomic E-state index is 12.1. The van der Waals surface area contributed by atoms with Gasteiger partial charge >= 0.3 is 5.97 Å². The first-order chi connectivity index (χ1) is 8.99. The van der Waals surface area contributed by atoms with Crippen molar-refractivity contribution >= 4 is 17.8 Å². The second kappa shape index (κ2) is 3.69. The summed E-state index contributed by atoms with van der Waals surface area (Å²) < 4.78 is 0. The SMILES string of the molecule is C=CC1=C(C(=O)O)N2C(=O)[C@@H]3[C@H]2C1CCN3C(C)=O. The molecule has 0 radical (unpaired) electrons. The maximum absolute atomic E-state index is 12.1. The van der Waals surface area contributed by atoms with Crippen molar-refractivity contribution in [1.29, 1.82) is 0 Å². The Labute approximate surface area is 110 Å². The summed E-state index contributed by atoms with van der Waals surface area (Å²) in [5.41, 5.74) is 0.660. The molecule has 6 nitrogen and oxygen atoms in total. The zero-order valence-corrected chi connectivity index (χ0v) is 10.5. The molecule has 1 unspecified atom stereocenters. The van der Waals surface area contributed by atoms with E-state index in [0.29, 0.717) is 18.5 Å². The first-order valence-corrected chi connectivity index (χ1v) is 6.19. The van der Waals surface area contributed by atoms with Crippen molar-refractivity contribution in [3.05, 3.63) is 23.9 Å². The zero-order valence-electron chi connectivity index (χ0n) is 10.5. The molecule has 2 amide bonds. The van der Waals surface area contributed by atoms with E-state index in [-0.39, 0.29) is 29.5 Å². The molecular formula is C13H14N2O4. The van der Waals surface area contributed by atoms with E-state index in [4.69, 9.17) is 0 Å². The van der Waals surface area contributed by atoms with Gasteiger partial charge in [-0.05, 0) is 12.0 Å². The van der Waals surface area contributed by atoms with Crippen molar-refractivity contribution < 1.29 is 19.5 Å². The summed E-state index contributed by atoms with van der Waals surface area (Å²) in [4.78, 5) is 37.9. The number of amides is 2. The van der Waals surface area contributed by atoms with Crippen molar-refractivity contribution in [2.45, 2.75) is 25.4 Å². The molecule has 3 rings (SSSR count). The molecule has 3 aliphatic rings. The standard InChI is InChI=1S/C13H14N2O4/c1-3-7-8-4-5-14(6(2)16)11-9(8)15(12(11)17)10(7)13(18)19/h3,8-9,11H,1,4-5H2,2H3,(H,18,19)/t8?,9-,11+/m1/s1. The van der Waals surface area contributed by atoms with E-state index in [1.807, 2.05) is 0 Å². The van der Waals surface area contributed by atoms with Crippen molar-refractivity contribution in [2.75, 3.05) is 6.54 Å². The smallest absolute Gasteiger partial charge is 0.352 e. The summed E-state index contributed by atoms with van der Waals surface area (Å²) in [7, 11) is 0. The second-order valence-corrected chi connectivity index (χ2v) is 5.06. The van der Waals surface area contributed by atoms with Crippen molar-refractivity contribution in [2.24, 2.45) is 5.92 Å². The van der Waals surface area contributed by atoms with Crippen LogP contribution in [0.4, 0.5) is 0 Å². The van der Waals surface area contributed by atoms with Gasteiger partial charge in [0.15, 0.2) is 0 Å². The Balaban J connectivity index is 2.04. The molecule has 100 valence electrons. The van der Waals surface area contributed by atoms with Crippen LogP contribution in [0.3, 0.4) is 0 Å². The molecule has 3 aliphatic heterocycles. The molecule has 0 spiro atoms. The monoisotopic (exact) mass is 262 g/mol. The van der Waals surface area contributed by atoms with Crippen LogP contribution in [-0.2, 0) is 14.4 Å². The van der Waals surface area contributed by atoms with Crippen LogP contribution in [-0.4, -0.2) is 51.3 Å². The van der Waals surface area contributed by atoms with Gasteiger partial charge in [0.05, 0.1) is 6.04 Å². The van der Waals surface area contributed by atoms with Crippen LogP contribution in [0.5, 0.6) is 0 Å². The molecule has 0 aromatic carbocycles. The number of piperidine rings is 1. The fourth-order valence-electron chi connectivity index (χ4n) is 3.54. The third-order valence-corrected chi connectivity index (χ3v) is 4.28. The highest BCUT2D eigenvalue weighted by Gasteiger charge is 2.63. The quantitative estimate of drug-likeness (QED) is 0.709. The highest BCUT2D eigenvalue weighted by Crippen LogP contribution is 2.49. The normalized spacial score (nSPS) is 32.1. The maximum Gasteiger partial charge on any atom is 0.352 e. The van der Waals surface area contributed by atoms with Gasteiger partial charge in [0.25, 0.3) is 5.91 Å². The average Bonchev–Trinajstić information content (AvgIpc) is 2.69. The number of aliphatic carboxylic acids is 1. The summed E-state index contributed by atoms with van der Waals surface area (Å²) in [5, 5.41) is 9.27. The largest absolute Gasteiger partial charge is 0.477 e. The molecule has 0 aromatic rings. The summed E-state index contributed by atoms with van der Waals surface area (Å²) in [6.45, 7) is 5.59. The molecule has 0 aliphatic carbocycles. The van der Waals surface area contributed by atoms with Gasteiger partial charge < -0.3 is 10.0 Å². The van der Waals surface area contributed by atoms with Crippen molar-refractivity contribution in [3.8, 4) is 0 Å². The lowest BCUT2D eigenvalue weighted by Gasteiger charge is -2.53. The van der Waals surface area contributed by atoms with Crippen LogP contribution in [0.25, 0.3) is 0 Å². The molecule has 6 heteroatoms. The topological polar surface area (TPSA) is 77.9 Å². The summed E-state index contributed by atoms with van der Waals surface area (Å²) in [6, 6.07) is -0.715. The molecule has 3 atom stereocenters. The number of nitrogens with zero attached hydrogens (tertiary/aromatic N) is 2. The van der Waals surface area contributed by atoms with E-state index < -0.39 is 12.0 Å². The lowest BCUT2D eigenvalue weighted by atomic mass is 9.78. The third-order valence-electron chi connectivity index (χ3n) is 4.28. The van der Waals surface area contributed by atoms with Crippen LogP contribution >= 0.6 is 0 Å². The molecule has 0 bridgehead atoms. The highest BCUT2D eigenvalue weighted by atomic mass is 16.4. The molecule has 0 saturated carbocycles. The lowest BCUT2D eigenvalue weighted by Crippen LogP contribution is -2.73. The molecule has 2 fully saturated rings. The van der Waals surface area contributed by atoms with Gasteiger partial charge in [-0.15, -0.1) is 0 Å². The zero-order chi connectivity index (χ0) is 13.9. The van der Waals surface area contributed by atoms with Crippen molar-refractivity contribution in [1.82, 2.24) is 9.80 Å². The second-order valence-electron chi connectivity index (χ2n) is 5.06. The molecule has 2 saturated heterocycles. The number of carboxylic acid groups (broad SMARTS) is 1. The predicted octanol–water partition coefficient (Wildman–Crippen LogP) is -0.0275. The minimum atomic E-state index is -1.11. The van der Waals surface area contributed by atoms with Gasteiger partial charge in [-0.3, -0.25) is 14.5 Å². The van der Waals surface area contributed by atoms with Gasteiger partial charge in [-0.1, -0.05) is 12.7 Å². The number of carboxylic acids is 1. The minimum absolute atomic E-state index is 0.0121. The van der Waals surface area contributed by atoms with Crippen LogP contribution in [0.15, 0.2) is 23.9 Å². The van der Waals surface area contributed by atoms with Gasteiger partial charge in [0.2, 0.25) is 5.91 Å². The fraction of sp³-hybridized carbons (Fsp3) is 0.462. The van der Waals surface area contributed by atoms with E-state index in [1.54, 1.807) is 4.90 Å². The van der Waals surface area contributed by atoms with Crippen LogP contribution in [0.1, 0.15) is 13.3 Å². The Kier molecular flexibility index (Phi) is 2.32. The minimum Gasteiger partial charge on any atom is -0.477 e. The fourth-order valence-corrected chi connectivity index (χ4v) is 3.54. The Morgan fingerprint density at radius 2 is 2.16 bits per heavy atom. The number of hydrogen-bond acceptors (Lipinski definition) is 3. The average molecular weight is 262 g/mol. The third kappa shape index (κ3) is 1.28. The van der Waals surface area contributed by atoms with Gasteiger partial charge in [-0.25, -0.2) is 4.79 Å². The first-order valence-electron chi connectivity index (χ1n) is 6.19. The summed E-state index contributed by atoms with van der Waals surface area (Å²) >= 11 is 0. The number of hydrogen-bond donors (Lipinski definition) is 1. The molecule has 0 aromatic heterocycles. The van der Waals surface area contributed by atoms with Gasteiger partial charge in [0, 0.05) is 19.4 Å². The molecule has 19 heavy (non-hydrogen) atoms. The number of rotatable bonds is 2. The Bertz CT molecular complexity index is 551. The molecule has 1 N–H and O–H groups in total. The van der Waals surface area contributed by atoms with Gasteiger partial charge in [-0.2, -0.15) is 0 Å². The van der Waals surface area contributed by atoms with E-state index in [1.165, 1.54) is 17.9 Å². The molecular weight excluding hydrogens is 248 g/mol. The lowest BCUT2D eigenvalue weighted by molar-refractivity contribution is -0.168. The van der Waals surface area contributed by atoms with Crippen molar-refractivity contribution in [3.63, 3.8) is 0 Å². The number of carbonyl (C=O) groups is 3. The van der Waals surface area contributed by atoms with Crippen LogP contribution < -0.4 is 0 Å². The molecule has 3 heterocycles. The Morgan fingerprint density at radius 3 is 2.68 bits per heavy atom. The number of carbonyl (C=O) groups excluding carboxylic acids is 2. The van der Waals surface area contributed by atoms with E-state index in [9.17, 15) is 19.5 Å². The highest BCUT2D eigenvalue weighted by molar-refractivity contribution is 6.03. The van der Waals surface area contributed by atoms with Crippen LogP contribution in [0, 0.1) is 5.92 Å². The number of β-lactam (4-membered cyclic amide) rings is 1. The van der Waals surface area contributed by atoms with E-state index in [0.717, 1.165) is 0 Å². The van der Waals surface area contributed by atoms with E-state index >= 15 is 0 Å².